The van der Waals surface area contributed by atoms with Crippen LogP contribution < -0.4 is 5.32 Å². The number of ether oxygens (including phenoxy) is 1. The van der Waals surface area contributed by atoms with Crippen LogP contribution in [0.4, 0.5) is 0 Å². The molecule has 7 atom stereocenters. The zero-order valence-electron chi connectivity index (χ0n) is 13.2. The van der Waals surface area contributed by atoms with E-state index in [0.29, 0.717) is 6.42 Å². The highest BCUT2D eigenvalue weighted by Crippen LogP contribution is 2.35. The summed E-state index contributed by atoms with van der Waals surface area (Å²) in [6, 6.07) is -0.502. The smallest absolute Gasteiger partial charge is 0.217 e. The van der Waals surface area contributed by atoms with Gasteiger partial charge in [0.15, 0.2) is 0 Å². The number of carbonyl (C=O) groups excluding carboxylic acids is 1. The Labute approximate surface area is 136 Å². The van der Waals surface area contributed by atoms with Crippen molar-refractivity contribution in [3.05, 3.63) is 0 Å². The van der Waals surface area contributed by atoms with Crippen LogP contribution in [0.25, 0.3) is 0 Å². The molecule has 0 aromatic heterocycles. The summed E-state index contributed by atoms with van der Waals surface area (Å²) in [7, 11) is 4.20. The Morgan fingerprint density at radius 2 is 2.14 bits per heavy atom. The number of rotatable bonds is 7. The lowest BCUT2D eigenvalue weighted by atomic mass is 9.79. The van der Waals surface area contributed by atoms with Crippen LogP contribution in [0, 0.1) is 5.92 Å². The number of amides is 1. The molecular formula is C13H27NO6P2. The third-order valence-electron chi connectivity index (χ3n) is 3.83. The van der Waals surface area contributed by atoms with Gasteiger partial charge in [0, 0.05) is 38.4 Å². The normalized spacial score (nSPS) is 30.6. The van der Waals surface area contributed by atoms with Gasteiger partial charge in [-0.25, -0.2) is 0 Å². The summed E-state index contributed by atoms with van der Waals surface area (Å²) >= 11 is 0. The summed E-state index contributed by atoms with van der Waals surface area (Å²) in [5, 5.41) is 23.0. The van der Waals surface area contributed by atoms with E-state index in [1.807, 2.05) is 13.8 Å². The highest BCUT2D eigenvalue weighted by atomic mass is 31.0. The van der Waals surface area contributed by atoms with Gasteiger partial charge < -0.3 is 29.3 Å². The molecule has 1 amide bonds. The van der Waals surface area contributed by atoms with Crippen LogP contribution in [0.5, 0.6) is 0 Å². The summed E-state index contributed by atoms with van der Waals surface area (Å²) in [6.07, 6.45) is -1.81. The van der Waals surface area contributed by atoms with Gasteiger partial charge in [0.2, 0.25) is 5.91 Å². The zero-order chi connectivity index (χ0) is 16.9. The van der Waals surface area contributed by atoms with Crippen LogP contribution in [0.1, 0.15) is 27.2 Å². The number of nitrogens with one attached hydrogen (secondary N) is 1. The minimum Gasteiger partial charge on any atom is -0.396 e. The lowest BCUT2D eigenvalue weighted by Crippen LogP contribution is -2.63. The molecule has 130 valence electrons. The van der Waals surface area contributed by atoms with E-state index in [1.54, 1.807) is 0 Å². The van der Waals surface area contributed by atoms with Crippen molar-refractivity contribution in [2.24, 2.45) is 5.92 Å². The molecule has 0 saturated carbocycles. The van der Waals surface area contributed by atoms with Gasteiger partial charge in [0.25, 0.3) is 0 Å². The largest absolute Gasteiger partial charge is 0.396 e. The van der Waals surface area contributed by atoms with Crippen LogP contribution >= 0.6 is 18.9 Å². The van der Waals surface area contributed by atoms with Crippen LogP contribution in [-0.4, -0.2) is 59.3 Å². The molecule has 0 aromatic carbocycles. The van der Waals surface area contributed by atoms with Crippen molar-refractivity contribution in [1.29, 1.82) is 0 Å². The Hall–Kier alpha value is 0.130. The van der Waals surface area contributed by atoms with Gasteiger partial charge in [-0.05, 0) is 20.3 Å². The molecular weight excluding hydrogens is 328 g/mol. The molecule has 0 aromatic rings. The molecule has 1 aliphatic heterocycles. The maximum absolute atomic E-state index is 11.5. The number of hydrogen-bond acceptors (Lipinski definition) is 6. The van der Waals surface area contributed by atoms with Crippen LogP contribution in [-0.2, 0) is 18.6 Å². The zero-order valence-corrected chi connectivity index (χ0v) is 15.5. The second kappa shape index (κ2) is 8.84. The predicted molar refractivity (Wildman–Crippen MR) is 88.0 cm³/mol. The fourth-order valence-corrected chi connectivity index (χ4v) is 3.37. The van der Waals surface area contributed by atoms with E-state index in [-0.39, 0.29) is 25.0 Å². The van der Waals surface area contributed by atoms with E-state index in [2.05, 4.69) is 24.3 Å². The topological polar surface area (TPSA) is 97.3 Å². The summed E-state index contributed by atoms with van der Waals surface area (Å²) in [6.45, 7) is 5.22. The van der Waals surface area contributed by atoms with Gasteiger partial charge in [0.1, 0.15) is 18.3 Å². The van der Waals surface area contributed by atoms with E-state index >= 15 is 0 Å². The molecule has 7 nitrogen and oxygen atoms in total. The van der Waals surface area contributed by atoms with Gasteiger partial charge >= 0.3 is 0 Å². The predicted octanol–water partition coefficient (Wildman–Crippen LogP) is 0.01000. The van der Waals surface area contributed by atoms with E-state index in [9.17, 15) is 15.0 Å². The van der Waals surface area contributed by atoms with Crippen molar-refractivity contribution < 1.29 is 28.8 Å². The van der Waals surface area contributed by atoms with Gasteiger partial charge in [-0.15, -0.1) is 0 Å². The molecule has 0 aliphatic carbocycles. The first-order valence-corrected chi connectivity index (χ1v) is 8.11. The van der Waals surface area contributed by atoms with Crippen molar-refractivity contribution in [3.8, 4) is 0 Å². The van der Waals surface area contributed by atoms with E-state index < -0.39 is 30.0 Å². The molecule has 9 heteroatoms. The van der Waals surface area contributed by atoms with Gasteiger partial charge in [-0.1, -0.05) is 0 Å². The number of aliphatic hydroxyl groups excluding tert-OH is 2. The Bertz CT molecular complexity index is 370. The summed E-state index contributed by atoms with van der Waals surface area (Å²) in [5.41, 5.74) is -0.527. The highest BCUT2D eigenvalue weighted by Gasteiger charge is 2.47. The molecule has 0 spiro atoms. The van der Waals surface area contributed by atoms with Crippen LogP contribution in [0.3, 0.4) is 0 Å². The van der Waals surface area contributed by atoms with Gasteiger partial charge in [0.05, 0.1) is 18.2 Å². The molecule has 22 heavy (non-hydrogen) atoms. The minimum atomic E-state index is -1.02. The monoisotopic (exact) mass is 355 g/mol. The maximum atomic E-state index is 11.5. The van der Waals surface area contributed by atoms with Gasteiger partial charge in [-0.2, -0.15) is 0 Å². The molecule has 3 N–H and O–H groups in total. The molecule has 1 fully saturated rings. The van der Waals surface area contributed by atoms with E-state index in [0.717, 1.165) is 0 Å². The molecule has 7 unspecified atom stereocenters. The first kappa shape index (κ1) is 20.2. The van der Waals surface area contributed by atoms with E-state index in [4.69, 9.17) is 13.8 Å². The molecule has 0 bridgehead atoms. The standard InChI is InChI=1S/C13H27NO6P2/c1-7(16)14-10-8(5-15)4-13(2,3)19-12(10)11(17)9(20-22)6-18-21/h8-12,15,17H,4-6,21-22H2,1-3H3,(H,14,16). The Balaban J connectivity index is 3.03. The van der Waals surface area contributed by atoms with Crippen molar-refractivity contribution >= 4 is 24.8 Å². The van der Waals surface area contributed by atoms with Crippen molar-refractivity contribution in [2.75, 3.05) is 13.2 Å². The molecule has 1 rings (SSSR count). The SMILES string of the molecule is CC(=O)NC1C(CO)CC(C)(C)OC1C(O)C(COP)OP. The Morgan fingerprint density at radius 1 is 1.50 bits per heavy atom. The molecule has 0 radical (unpaired) electrons. The van der Waals surface area contributed by atoms with Crippen LogP contribution in [0.2, 0.25) is 0 Å². The van der Waals surface area contributed by atoms with Crippen LogP contribution in [0.15, 0.2) is 0 Å². The quantitative estimate of drug-likeness (QED) is 0.557. The number of hydrogen-bond donors (Lipinski definition) is 3. The molecule has 1 aliphatic rings. The molecule has 1 saturated heterocycles. The average Bonchev–Trinajstić information content (AvgIpc) is 2.44. The Kier molecular flexibility index (Phi) is 8.10. The Morgan fingerprint density at radius 3 is 2.59 bits per heavy atom. The lowest BCUT2D eigenvalue weighted by molar-refractivity contribution is -0.198. The number of carbonyl (C=O) groups is 1. The average molecular weight is 355 g/mol. The van der Waals surface area contributed by atoms with Crippen molar-refractivity contribution in [1.82, 2.24) is 5.32 Å². The lowest BCUT2D eigenvalue weighted by Gasteiger charge is -2.48. The molecule has 1 heterocycles. The second-order valence-corrected chi connectivity index (χ2v) is 6.82. The first-order chi connectivity index (χ1) is 10.3. The maximum Gasteiger partial charge on any atom is 0.217 e. The fourth-order valence-electron chi connectivity index (χ4n) is 2.94. The third kappa shape index (κ3) is 5.34. The van der Waals surface area contributed by atoms with E-state index in [1.165, 1.54) is 6.92 Å². The summed E-state index contributed by atoms with van der Waals surface area (Å²) < 4.78 is 16.1. The van der Waals surface area contributed by atoms with Crippen molar-refractivity contribution in [2.45, 2.75) is 57.1 Å². The first-order valence-electron chi connectivity index (χ1n) is 7.16. The van der Waals surface area contributed by atoms with Gasteiger partial charge in [-0.3, -0.25) is 4.79 Å². The third-order valence-corrected chi connectivity index (χ3v) is 4.37. The minimum absolute atomic E-state index is 0.104. The summed E-state index contributed by atoms with van der Waals surface area (Å²) in [5.74, 6) is -0.455. The summed E-state index contributed by atoms with van der Waals surface area (Å²) in [4.78, 5) is 11.5. The number of aliphatic hydroxyl groups is 2. The fraction of sp³-hybridized carbons (Fsp3) is 0.923. The second-order valence-electron chi connectivity index (χ2n) is 6.21. The highest BCUT2D eigenvalue weighted by molar-refractivity contribution is 7.10. The van der Waals surface area contributed by atoms with Crippen molar-refractivity contribution in [3.63, 3.8) is 0 Å².